The van der Waals surface area contributed by atoms with Crippen LogP contribution in [0.5, 0.6) is 0 Å². The summed E-state index contributed by atoms with van der Waals surface area (Å²) in [6, 6.07) is 2.40. The van der Waals surface area contributed by atoms with Crippen molar-refractivity contribution in [3.05, 3.63) is 10.5 Å². The number of hydrogen-bond donors (Lipinski definition) is 1. The average molecular weight is 210 g/mol. The molecule has 0 bridgehead atoms. The Bertz CT molecular complexity index is 425. The van der Waals surface area contributed by atoms with Crippen molar-refractivity contribution in [2.45, 2.75) is 36.2 Å². The Hall–Kier alpha value is -1.22. The van der Waals surface area contributed by atoms with Crippen molar-refractivity contribution in [3.63, 3.8) is 0 Å². The maximum absolute atomic E-state index is 11.3. The zero-order valence-corrected chi connectivity index (χ0v) is 8.54. The van der Waals surface area contributed by atoms with Crippen LogP contribution in [0.25, 0.3) is 0 Å². The normalized spacial score (nSPS) is 17.7. The van der Waals surface area contributed by atoms with Crippen LogP contribution in [-0.2, 0) is 0 Å². The van der Waals surface area contributed by atoms with Gasteiger partial charge in [0.1, 0.15) is 0 Å². The molecule has 5 nitrogen and oxygen atoms in total. The highest BCUT2D eigenvalue weighted by Crippen LogP contribution is 2.36. The highest BCUT2D eigenvalue weighted by molar-refractivity contribution is 8.00. The Kier molecular flexibility index (Phi) is 2.33. The lowest BCUT2D eigenvalue weighted by atomic mass is 10.5. The molecule has 0 amide bonds. The predicted octanol–water partition coefficient (Wildman–Crippen LogP) is 0.910. The summed E-state index contributed by atoms with van der Waals surface area (Å²) < 4.78 is 1.65. The molecular formula is C8H10N4OS. The van der Waals surface area contributed by atoms with Crippen LogP contribution in [0, 0.1) is 11.3 Å². The van der Waals surface area contributed by atoms with Crippen LogP contribution in [0.2, 0.25) is 0 Å². The van der Waals surface area contributed by atoms with E-state index >= 15 is 0 Å². The van der Waals surface area contributed by atoms with E-state index in [2.05, 4.69) is 16.3 Å². The lowest BCUT2D eigenvalue weighted by Crippen LogP contribution is -2.16. The third-order valence-electron chi connectivity index (χ3n) is 2.05. The minimum Gasteiger partial charge on any atom is -0.267 e. The summed E-state index contributed by atoms with van der Waals surface area (Å²) in [7, 11) is 0. The smallest absolute Gasteiger partial charge is 0.267 e. The van der Waals surface area contributed by atoms with Gasteiger partial charge in [0.25, 0.3) is 0 Å². The molecule has 0 aromatic carbocycles. The fourth-order valence-corrected chi connectivity index (χ4v) is 2.03. The summed E-state index contributed by atoms with van der Waals surface area (Å²) in [5.74, 6) is 0. The molecule has 1 aliphatic rings. The van der Waals surface area contributed by atoms with Gasteiger partial charge in [-0.15, -0.1) is 5.10 Å². The van der Waals surface area contributed by atoms with Crippen molar-refractivity contribution < 1.29 is 0 Å². The molecule has 1 aromatic heterocycles. The highest BCUT2D eigenvalue weighted by Gasteiger charge is 2.29. The van der Waals surface area contributed by atoms with Crippen molar-refractivity contribution in [2.24, 2.45) is 0 Å². The minimum absolute atomic E-state index is 0.167. The Balaban J connectivity index is 2.25. The van der Waals surface area contributed by atoms with Gasteiger partial charge < -0.3 is 0 Å². The number of nitriles is 1. The molecular weight excluding hydrogens is 200 g/mol. The average Bonchev–Trinajstić information content (AvgIpc) is 2.93. The van der Waals surface area contributed by atoms with Gasteiger partial charge in [-0.3, -0.25) is 4.57 Å². The number of hydrogen-bond acceptors (Lipinski definition) is 4. The molecule has 14 heavy (non-hydrogen) atoms. The first-order valence-corrected chi connectivity index (χ1v) is 5.33. The Morgan fingerprint density at radius 2 is 2.50 bits per heavy atom. The van der Waals surface area contributed by atoms with E-state index in [9.17, 15) is 4.79 Å². The number of H-pyrrole nitrogens is 1. The van der Waals surface area contributed by atoms with Crippen LogP contribution in [0.15, 0.2) is 9.95 Å². The summed E-state index contributed by atoms with van der Waals surface area (Å²) in [6.07, 6.45) is 2.07. The second kappa shape index (κ2) is 3.50. The van der Waals surface area contributed by atoms with Crippen molar-refractivity contribution >= 4 is 11.8 Å². The predicted molar refractivity (Wildman–Crippen MR) is 52.1 cm³/mol. The minimum atomic E-state index is -0.178. The van der Waals surface area contributed by atoms with Gasteiger partial charge in [-0.05, 0) is 19.8 Å². The molecule has 0 spiro atoms. The van der Waals surface area contributed by atoms with Gasteiger partial charge in [0.2, 0.25) is 0 Å². The zero-order chi connectivity index (χ0) is 10.1. The molecule has 1 aliphatic carbocycles. The fourth-order valence-electron chi connectivity index (χ4n) is 1.21. The van der Waals surface area contributed by atoms with E-state index in [1.807, 2.05) is 0 Å². The number of aromatic amines is 1. The third kappa shape index (κ3) is 1.68. The summed E-state index contributed by atoms with van der Waals surface area (Å²) in [5, 5.41) is 15.4. The SMILES string of the molecule is C[C@H](C#N)Sc1n[nH]c(=O)n1C1CC1. The van der Waals surface area contributed by atoms with Gasteiger partial charge in [0.05, 0.1) is 11.3 Å². The number of rotatable bonds is 3. The monoisotopic (exact) mass is 210 g/mol. The lowest BCUT2D eigenvalue weighted by Gasteiger charge is -2.03. The van der Waals surface area contributed by atoms with Gasteiger partial charge in [-0.1, -0.05) is 11.8 Å². The summed E-state index contributed by atoms with van der Waals surface area (Å²) in [4.78, 5) is 11.3. The van der Waals surface area contributed by atoms with Crippen molar-refractivity contribution in [1.29, 1.82) is 5.26 Å². The van der Waals surface area contributed by atoms with Crippen LogP contribution in [0.1, 0.15) is 25.8 Å². The van der Waals surface area contributed by atoms with E-state index in [1.54, 1.807) is 11.5 Å². The largest absolute Gasteiger partial charge is 0.344 e. The maximum Gasteiger partial charge on any atom is 0.344 e. The van der Waals surface area contributed by atoms with Crippen LogP contribution < -0.4 is 5.69 Å². The summed E-state index contributed by atoms with van der Waals surface area (Å²) >= 11 is 1.32. The highest BCUT2D eigenvalue weighted by atomic mass is 32.2. The van der Waals surface area contributed by atoms with E-state index in [0.717, 1.165) is 12.8 Å². The Labute approximate surface area is 85.1 Å². The van der Waals surface area contributed by atoms with E-state index in [-0.39, 0.29) is 10.9 Å². The molecule has 6 heteroatoms. The van der Waals surface area contributed by atoms with Crippen LogP contribution >= 0.6 is 11.8 Å². The summed E-state index contributed by atoms with van der Waals surface area (Å²) in [6.45, 7) is 1.79. The molecule has 1 fully saturated rings. The first-order chi connectivity index (χ1) is 6.72. The van der Waals surface area contributed by atoms with E-state index in [0.29, 0.717) is 11.2 Å². The number of nitrogens with one attached hydrogen (secondary N) is 1. The summed E-state index contributed by atoms with van der Waals surface area (Å²) in [5.41, 5.74) is -0.167. The van der Waals surface area contributed by atoms with Crippen molar-refractivity contribution in [2.75, 3.05) is 0 Å². The van der Waals surface area contributed by atoms with Gasteiger partial charge in [-0.2, -0.15) is 5.26 Å². The van der Waals surface area contributed by atoms with Crippen LogP contribution in [0.4, 0.5) is 0 Å². The fraction of sp³-hybridized carbons (Fsp3) is 0.625. The molecule has 0 unspecified atom stereocenters. The van der Waals surface area contributed by atoms with Crippen molar-refractivity contribution in [3.8, 4) is 6.07 Å². The molecule has 0 aliphatic heterocycles. The first-order valence-electron chi connectivity index (χ1n) is 4.45. The molecule has 1 heterocycles. The van der Waals surface area contributed by atoms with Crippen molar-refractivity contribution in [1.82, 2.24) is 14.8 Å². The Morgan fingerprint density at radius 1 is 1.79 bits per heavy atom. The molecule has 74 valence electrons. The standard InChI is InChI=1S/C8H10N4OS/c1-5(4-9)14-8-11-10-7(13)12(8)6-2-3-6/h5-6H,2-3H2,1H3,(H,10,13)/t5-/m1/s1. The maximum atomic E-state index is 11.3. The number of thioether (sulfide) groups is 1. The van der Waals surface area contributed by atoms with Gasteiger partial charge in [-0.25, -0.2) is 9.89 Å². The molecule has 2 rings (SSSR count). The molecule has 1 atom stereocenters. The number of nitrogens with zero attached hydrogens (tertiary/aromatic N) is 3. The van der Waals surface area contributed by atoms with Crippen LogP contribution in [0.3, 0.4) is 0 Å². The second-order valence-electron chi connectivity index (χ2n) is 3.30. The third-order valence-corrected chi connectivity index (χ3v) is 3.01. The molecule has 1 N–H and O–H groups in total. The van der Waals surface area contributed by atoms with E-state index < -0.39 is 0 Å². The van der Waals surface area contributed by atoms with Gasteiger partial charge in [0, 0.05) is 6.04 Å². The van der Waals surface area contributed by atoms with E-state index in [1.165, 1.54) is 11.8 Å². The van der Waals surface area contributed by atoms with E-state index in [4.69, 9.17) is 5.26 Å². The topological polar surface area (TPSA) is 74.5 Å². The first kappa shape index (κ1) is 9.34. The lowest BCUT2D eigenvalue weighted by molar-refractivity contribution is 0.642. The second-order valence-corrected chi connectivity index (χ2v) is 4.61. The van der Waals surface area contributed by atoms with Gasteiger partial charge in [0.15, 0.2) is 5.16 Å². The quantitative estimate of drug-likeness (QED) is 0.752. The van der Waals surface area contributed by atoms with Gasteiger partial charge >= 0.3 is 5.69 Å². The molecule has 1 aromatic rings. The zero-order valence-electron chi connectivity index (χ0n) is 7.73. The number of aromatic nitrogens is 3. The molecule has 0 saturated heterocycles. The van der Waals surface area contributed by atoms with Crippen LogP contribution in [-0.4, -0.2) is 20.0 Å². The molecule has 1 saturated carbocycles. The Morgan fingerprint density at radius 3 is 3.07 bits per heavy atom. The molecule has 0 radical (unpaired) electrons.